The van der Waals surface area contributed by atoms with E-state index in [-0.39, 0.29) is 5.75 Å². The van der Waals surface area contributed by atoms with Crippen molar-refractivity contribution in [3.05, 3.63) is 54.2 Å². The van der Waals surface area contributed by atoms with Crippen LogP contribution in [0, 0.1) is 6.92 Å². The Kier molecular flexibility index (Phi) is 6.67. The Morgan fingerprint density at radius 3 is 2.54 bits per heavy atom. The molecule has 0 unspecified atom stereocenters. The van der Waals surface area contributed by atoms with E-state index in [2.05, 4.69) is 10.2 Å². The van der Waals surface area contributed by atoms with Gasteiger partial charge in [-0.2, -0.15) is 4.98 Å². The molecule has 2 aromatic carbocycles. The lowest BCUT2D eigenvalue weighted by atomic mass is 10.0. The molecule has 6 rings (SSSR count). The minimum atomic E-state index is -1.34. The number of benzene rings is 2. The highest BCUT2D eigenvalue weighted by molar-refractivity contribution is 7.25. The minimum absolute atomic E-state index is 0.271. The van der Waals surface area contributed by atoms with Crippen molar-refractivity contribution in [2.75, 3.05) is 37.7 Å². The van der Waals surface area contributed by atoms with Gasteiger partial charge in [-0.1, -0.05) is 36.4 Å². The molecule has 3 aromatic heterocycles. The highest BCUT2D eigenvalue weighted by Crippen LogP contribution is 2.39. The summed E-state index contributed by atoms with van der Waals surface area (Å²) in [5.41, 5.74) is 4.31. The SMILES string of the molecule is CCOc1nc(N2CCNCC2)nc2c1sc1nc(-c3ccc(-c4cccc(OC(=O)O)c4)cc3)nc(C)c12. The molecular formula is C28H26N6O4S. The molecule has 0 radical (unpaired) electrons. The van der Waals surface area contributed by atoms with E-state index in [0.29, 0.717) is 24.3 Å². The van der Waals surface area contributed by atoms with Crippen LogP contribution in [0.1, 0.15) is 12.6 Å². The van der Waals surface area contributed by atoms with Gasteiger partial charge in [0.05, 0.1) is 17.7 Å². The van der Waals surface area contributed by atoms with Crippen molar-refractivity contribution in [3.63, 3.8) is 0 Å². The highest BCUT2D eigenvalue weighted by Gasteiger charge is 2.22. The lowest BCUT2D eigenvalue weighted by molar-refractivity contribution is 0.144. The molecule has 5 aromatic rings. The quantitative estimate of drug-likeness (QED) is 0.220. The fraction of sp³-hybridized carbons (Fsp3) is 0.250. The van der Waals surface area contributed by atoms with Gasteiger partial charge in [0.25, 0.3) is 0 Å². The maximum atomic E-state index is 10.9. The molecule has 1 fully saturated rings. The van der Waals surface area contributed by atoms with E-state index in [1.807, 2.05) is 44.2 Å². The van der Waals surface area contributed by atoms with Crippen molar-refractivity contribution in [2.24, 2.45) is 0 Å². The normalized spacial score (nSPS) is 13.6. The van der Waals surface area contributed by atoms with Crippen LogP contribution in [-0.2, 0) is 0 Å². The predicted octanol–water partition coefficient (Wildman–Crippen LogP) is 5.14. The van der Waals surface area contributed by atoms with E-state index in [1.54, 1.807) is 18.2 Å². The third-order valence-electron chi connectivity index (χ3n) is 6.51. The van der Waals surface area contributed by atoms with E-state index < -0.39 is 6.16 Å². The topological polar surface area (TPSA) is 123 Å². The van der Waals surface area contributed by atoms with Gasteiger partial charge in [-0.25, -0.2) is 19.7 Å². The molecule has 1 aliphatic heterocycles. The van der Waals surface area contributed by atoms with Crippen molar-refractivity contribution in [1.29, 1.82) is 0 Å². The molecule has 39 heavy (non-hydrogen) atoms. The number of piperazine rings is 1. The molecule has 0 amide bonds. The van der Waals surface area contributed by atoms with Crippen molar-refractivity contribution in [3.8, 4) is 34.1 Å². The van der Waals surface area contributed by atoms with Crippen molar-refractivity contribution in [1.82, 2.24) is 25.3 Å². The number of aromatic nitrogens is 4. The van der Waals surface area contributed by atoms with Gasteiger partial charge < -0.3 is 24.8 Å². The Hall–Kier alpha value is -4.35. The number of carbonyl (C=O) groups is 1. The second kappa shape index (κ2) is 10.4. The molecule has 0 saturated carbocycles. The fourth-order valence-corrected chi connectivity index (χ4v) is 5.80. The van der Waals surface area contributed by atoms with Crippen LogP contribution in [0.2, 0.25) is 0 Å². The van der Waals surface area contributed by atoms with Crippen LogP contribution in [0.5, 0.6) is 11.6 Å². The number of nitrogens with one attached hydrogen (secondary N) is 1. The number of fused-ring (bicyclic) bond motifs is 3. The molecule has 4 heterocycles. The summed E-state index contributed by atoms with van der Waals surface area (Å²) in [4.78, 5) is 33.4. The fourth-order valence-electron chi connectivity index (χ4n) is 4.69. The zero-order valence-electron chi connectivity index (χ0n) is 21.5. The summed E-state index contributed by atoms with van der Waals surface area (Å²) in [6, 6.07) is 14.8. The van der Waals surface area contributed by atoms with E-state index in [0.717, 1.165) is 69.0 Å². The summed E-state index contributed by atoms with van der Waals surface area (Å²) >= 11 is 1.52. The smallest absolute Gasteiger partial charge is 0.477 e. The van der Waals surface area contributed by atoms with Crippen molar-refractivity contribution >= 4 is 43.9 Å². The first kappa shape index (κ1) is 25.0. The van der Waals surface area contributed by atoms with Crippen LogP contribution in [0.25, 0.3) is 42.9 Å². The molecule has 198 valence electrons. The Morgan fingerprint density at radius 1 is 1.03 bits per heavy atom. The summed E-state index contributed by atoms with van der Waals surface area (Å²) in [7, 11) is 0. The van der Waals surface area contributed by atoms with Crippen LogP contribution in [0.3, 0.4) is 0 Å². The maximum absolute atomic E-state index is 10.9. The van der Waals surface area contributed by atoms with Gasteiger partial charge in [-0.15, -0.1) is 11.3 Å². The number of hydrogen-bond acceptors (Lipinski definition) is 10. The van der Waals surface area contributed by atoms with Gasteiger partial charge in [0.2, 0.25) is 11.8 Å². The Labute approximate surface area is 228 Å². The molecule has 10 nitrogen and oxygen atoms in total. The molecule has 0 atom stereocenters. The third kappa shape index (κ3) is 4.93. The Balaban J connectivity index is 1.38. The predicted molar refractivity (Wildman–Crippen MR) is 151 cm³/mol. The zero-order valence-corrected chi connectivity index (χ0v) is 22.3. The van der Waals surface area contributed by atoms with E-state index in [9.17, 15) is 4.79 Å². The summed E-state index contributed by atoms with van der Waals surface area (Å²) in [5, 5.41) is 13.2. The number of nitrogens with zero attached hydrogens (tertiary/aromatic N) is 5. The van der Waals surface area contributed by atoms with Gasteiger partial charge in [0.1, 0.15) is 20.8 Å². The highest BCUT2D eigenvalue weighted by atomic mass is 32.1. The monoisotopic (exact) mass is 542 g/mol. The number of aryl methyl sites for hydroxylation is 1. The number of thiophene rings is 1. The molecule has 1 saturated heterocycles. The summed E-state index contributed by atoms with van der Waals surface area (Å²) in [6.45, 7) is 7.90. The summed E-state index contributed by atoms with van der Waals surface area (Å²) in [6.07, 6.45) is -1.34. The largest absolute Gasteiger partial charge is 0.511 e. The van der Waals surface area contributed by atoms with Crippen molar-refractivity contribution < 1.29 is 19.4 Å². The van der Waals surface area contributed by atoms with Gasteiger partial charge in [-0.3, -0.25) is 0 Å². The molecule has 2 N–H and O–H groups in total. The Bertz CT molecular complexity index is 1680. The average molecular weight is 543 g/mol. The van der Waals surface area contributed by atoms with Gasteiger partial charge >= 0.3 is 6.16 Å². The molecule has 1 aliphatic rings. The first-order valence-electron chi connectivity index (χ1n) is 12.7. The van der Waals surface area contributed by atoms with Gasteiger partial charge in [-0.05, 0) is 37.1 Å². The number of rotatable bonds is 6. The second-order valence-corrected chi connectivity index (χ2v) is 10.1. The van der Waals surface area contributed by atoms with Crippen LogP contribution in [0.4, 0.5) is 10.7 Å². The van der Waals surface area contributed by atoms with Crippen LogP contribution in [0.15, 0.2) is 48.5 Å². The van der Waals surface area contributed by atoms with Gasteiger partial charge in [0, 0.05) is 31.7 Å². The van der Waals surface area contributed by atoms with E-state index in [1.165, 1.54) is 11.3 Å². The number of anilines is 1. The van der Waals surface area contributed by atoms with Crippen LogP contribution < -0.4 is 19.7 Å². The first-order valence-corrected chi connectivity index (χ1v) is 13.5. The molecule has 0 aliphatic carbocycles. The standard InChI is InChI=1S/C28H26N6O4S/c1-3-37-25-23-22(31-27(33-25)34-13-11-29-12-14-34)21-16(2)30-24(32-26(21)39-23)18-9-7-17(8-10-18)19-5-4-6-20(15-19)38-28(35)36/h4-10,15,29H,3,11-14H2,1-2H3,(H,35,36). The number of hydrogen-bond donors (Lipinski definition) is 2. The summed E-state index contributed by atoms with van der Waals surface area (Å²) in [5.74, 6) is 2.14. The van der Waals surface area contributed by atoms with Crippen molar-refractivity contribution in [2.45, 2.75) is 13.8 Å². The average Bonchev–Trinajstić information content (AvgIpc) is 3.33. The first-order chi connectivity index (χ1) is 19.0. The maximum Gasteiger partial charge on any atom is 0.511 e. The molecule has 11 heteroatoms. The van der Waals surface area contributed by atoms with E-state index in [4.69, 9.17) is 34.5 Å². The zero-order chi connectivity index (χ0) is 26.9. The molecule has 0 bridgehead atoms. The second-order valence-electron chi connectivity index (χ2n) is 9.06. The minimum Gasteiger partial charge on any atom is -0.477 e. The van der Waals surface area contributed by atoms with E-state index >= 15 is 0 Å². The molecular weight excluding hydrogens is 516 g/mol. The van der Waals surface area contributed by atoms with Crippen LogP contribution in [-0.4, -0.2) is 64.0 Å². The Morgan fingerprint density at radius 2 is 1.79 bits per heavy atom. The summed E-state index contributed by atoms with van der Waals surface area (Å²) < 4.78 is 11.6. The molecule has 0 spiro atoms. The van der Waals surface area contributed by atoms with Crippen LogP contribution >= 0.6 is 11.3 Å². The lowest BCUT2D eigenvalue weighted by Gasteiger charge is -2.27. The van der Waals surface area contributed by atoms with Gasteiger partial charge in [0.15, 0.2) is 5.82 Å². The number of ether oxygens (including phenoxy) is 2. The number of carboxylic acid groups (broad SMARTS) is 1. The lowest BCUT2D eigenvalue weighted by Crippen LogP contribution is -2.44. The third-order valence-corrected chi connectivity index (χ3v) is 7.57.